The van der Waals surface area contributed by atoms with Crippen molar-refractivity contribution >= 4 is 8.07 Å². The molecule has 2 heterocycles. The molecule has 0 N–H and O–H groups in total. The zero-order valence-corrected chi connectivity index (χ0v) is 15.9. The predicted molar refractivity (Wildman–Crippen MR) is 91.7 cm³/mol. The van der Waals surface area contributed by atoms with Gasteiger partial charge in [0.2, 0.25) is 0 Å². The Labute approximate surface area is 146 Å². The van der Waals surface area contributed by atoms with E-state index >= 15 is 0 Å². The lowest BCUT2D eigenvalue weighted by Gasteiger charge is -2.15. The van der Waals surface area contributed by atoms with Gasteiger partial charge in [-0.3, -0.25) is 0 Å². The van der Waals surface area contributed by atoms with Gasteiger partial charge < -0.3 is 9.30 Å². The zero-order valence-electron chi connectivity index (χ0n) is 14.9. The Hall–Kier alpha value is -1.74. The summed E-state index contributed by atoms with van der Waals surface area (Å²) in [6.45, 7) is 9.08. The minimum Gasteiger partial charge on any atom is -0.361 e. The molecule has 0 atom stereocenters. The highest BCUT2D eigenvalue weighted by molar-refractivity contribution is 6.76. The maximum absolute atomic E-state index is 13.0. The number of halogens is 3. The molecule has 0 amide bonds. The van der Waals surface area contributed by atoms with Gasteiger partial charge in [-0.25, -0.2) is 15.0 Å². The Morgan fingerprint density at radius 2 is 1.80 bits per heavy atom. The van der Waals surface area contributed by atoms with Crippen LogP contribution in [-0.4, -0.2) is 34.2 Å². The van der Waals surface area contributed by atoms with Crippen LogP contribution >= 0.6 is 0 Å². The van der Waals surface area contributed by atoms with E-state index in [0.717, 1.165) is 24.2 Å². The third kappa shape index (κ3) is 5.64. The van der Waals surface area contributed by atoms with Crippen molar-refractivity contribution in [3.05, 3.63) is 29.8 Å². The van der Waals surface area contributed by atoms with Crippen LogP contribution in [-0.2, 0) is 24.1 Å². The van der Waals surface area contributed by atoms with Crippen LogP contribution in [0.5, 0.6) is 0 Å². The topological polar surface area (TPSA) is 52.8 Å². The van der Waals surface area contributed by atoms with Crippen molar-refractivity contribution in [2.45, 2.75) is 51.9 Å². The molecule has 0 spiro atoms. The van der Waals surface area contributed by atoms with Crippen molar-refractivity contribution in [1.82, 2.24) is 19.5 Å². The molecule has 0 aliphatic heterocycles. The molecule has 9 heteroatoms. The van der Waals surface area contributed by atoms with E-state index in [1.54, 1.807) is 12.4 Å². The highest BCUT2D eigenvalue weighted by Gasteiger charge is 2.35. The molecule has 0 radical (unpaired) electrons. The third-order valence-corrected chi connectivity index (χ3v) is 5.31. The number of imidazole rings is 1. The number of hydrogen-bond donors (Lipinski definition) is 0. The second-order valence-electron chi connectivity index (χ2n) is 7.03. The largest absolute Gasteiger partial charge is 0.434 e. The maximum Gasteiger partial charge on any atom is 0.434 e. The molecule has 2 aromatic rings. The fraction of sp³-hybridized carbons (Fsp3) is 0.562. The summed E-state index contributed by atoms with van der Waals surface area (Å²) in [7, 11) is -1.26. The molecule has 2 rings (SSSR count). The zero-order chi connectivity index (χ0) is 18.7. The lowest BCUT2D eigenvalue weighted by molar-refractivity contribution is -0.141. The molecule has 25 heavy (non-hydrogen) atoms. The minimum atomic E-state index is -4.53. The van der Waals surface area contributed by atoms with Crippen LogP contribution < -0.4 is 0 Å². The van der Waals surface area contributed by atoms with Gasteiger partial charge in [0, 0.05) is 33.3 Å². The lowest BCUT2D eigenvalue weighted by atomic mass is 10.3. The molecule has 0 unspecified atom stereocenters. The number of nitrogens with zero attached hydrogens (tertiary/aromatic N) is 4. The van der Waals surface area contributed by atoms with Crippen molar-refractivity contribution in [3.63, 3.8) is 0 Å². The third-order valence-electron chi connectivity index (χ3n) is 3.61. The summed E-state index contributed by atoms with van der Waals surface area (Å²) in [5, 5.41) is 0. The lowest BCUT2D eigenvalue weighted by Crippen LogP contribution is -2.22. The molecule has 0 fully saturated rings. The smallest absolute Gasteiger partial charge is 0.361 e. The van der Waals surface area contributed by atoms with E-state index in [1.165, 1.54) is 4.57 Å². The van der Waals surface area contributed by atoms with Crippen molar-refractivity contribution in [3.8, 4) is 11.6 Å². The second kappa shape index (κ2) is 7.65. The average molecular weight is 372 g/mol. The Morgan fingerprint density at radius 1 is 1.16 bits per heavy atom. The van der Waals surface area contributed by atoms with Gasteiger partial charge in [0.15, 0.2) is 17.3 Å². The van der Waals surface area contributed by atoms with Gasteiger partial charge in [-0.1, -0.05) is 26.6 Å². The molecule has 0 saturated heterocycles. The normalized spacial score (nSPS) is 12.6. The molecular formula is C16H23F3N4OSi. The molecule has 138 valence electrons. The highest BCUT2D eigenvalue weighted by Crippen LogP contribution is 2.30. The minimum absolute atomic E-state index is 0.0121. The van der Waals surface area contributed by atoms with Crippen molar-refractivity contribution in [2.75, 3.05) is 6.61 Å². The quantitative estimate of drug-likeness (QED) is 0.539. The SMILES string of the molecule is CCc1cnc(-c2nc(C(F)(F)F)cn2COCC[Si](C)(C)C)nc1. The van der Waals surface area contributed by atoms with E-state index in [-0.39, 0.29) is 18.4 Å². The van der Waals surface area contributed by atoms with E-state index < -0.39 is 19.9 Å². The Kier molecular flexibility index (Phi) is 5.99. The van der Waals surface area contributed by atoms with Crippen LogP contribution in [0.4, 0.5) is 13.2 Å². The van der Waals surface area contributed by atoms with Gasteiger partial charge >= 0.3 is 6.18 Å². The molecule has 0 aliphatic carbocycles. The molecule has 0 aromatic carbocycles. The molecule has 0 bridgehead atoms. The van der Waals surface area contributed by atoms with Gasteiger partial charge in [0.05, 0.1) is 0 Å². The van der Waals surface area contributed by atoms with Crippen LogP contribution in [0.25, 0.3) is 11.6 Å². The Balaban J connectivity index is 2.22. The number of alkyl halides is 3. The van der Waals surface area contributed by atoms with E-state index in [2.05, 4.69) is 34.6 Å². The summed E-state index contributed by atoms with van der Waals surface area (Å²) in [4.78, 5) is 11.9. The van der Waals surface area contributed by atoms with E-state index in [0.29, 0.717) is 6.61 Å². The van der Waals surface area contributed by atoms with Gasteiger partial charge in [-0.2, -0.15) is 13.2 Å². The first-order valence-electron chi connectivity index (χ1n) is 8.13. The van der Waals surface area contributed by atoms with Crippen molar-refractivity contribution < 1.29 is 17.9 Å². The van der Waals surface area contributed by atoms with Gasteiger partial charge in [-0.05, 0) is 18.0 Å². The van der Waals surface area contributed by atoms with E-state index in [9.17, 15) is 13.2 Å². The first kappa shape index (κ1) is 19.6. The number of aromatic nitrogens is 4. The van der Waals surface area contributed by atoms with Crippen molar-refractivity contribution in [2.24, 2.45) is 0 Å². The molecule has 2 aromatic heterocycles. The molecule has 0 saturated carbocycles. The summed E-state index contributed by atoms with van der Waals surface area (Å²) in [5.41, 5.74) is -0.0660. The molecule has 5 nitrogen and oxygen atoms in total. The number of ether oxygens (including phenoxy) is 1. The summed E-state index contributed by atoms with van der Waals surface area (Å²) in [6, 6.07) is 0.935. The standard InChI is InChI=1S/C16H23F3N4OSi/c1-5-12-8-20-14(21-9-12)15-22-13(16(17,18)19)10-23(15)11-24-6-7-25(2,3)4/h8-10H,5-7,11H2,1-4H3. The Morgan fingerprint density at radius 3 is 2.32 bits per heavy atom. The first-order chi connectivity index (χ1) is 11.6. The average Bonchev–Trinajstić information content (AvgIpc) is 2.95. The van der Waals surface area contributed by atoms with E-state index in [1.807, 2.05) is 6.92 Å². The summed E-state index contributed by atoms with van der Waals surface area (Å²) in [5.74, 6) is 0.212. The highest BCUT2D eigenvalue weighted by atomic mass is 28.3. The number of hydrogen-bond acceptors (Lipinski definition) is 4. The summed E-state index contributed by atoms with van der Waals surface area (Å²) < 4.78 is 45.9. The maximum atomic E-state index is 13.0. The van der Waals surface area contributed by atoms with Crippen LogP contribution in [0.1, 0.15) is 18.2 Å². The van der Waals surface area contributed by atoms with Crippen molar-refractivity contribution in [1.29, 1.82) is 0 Å². The molecular weight excluding hydrogens is 349 g/mol. The van der Waals surface area contributed by atoms with Crippen LogP contribution in [0, 0.1) is 0 Å². The van der Waals surface area contributed by atoms with Gasteiger partial charge in [0.1, 0.15) is 6.73 Å². The fourth-order valence-corrected chi connectivity index (χ4v) is 2.78. The van der Waals surface area contributed by atoms with Gasteiger partial charge in [-0.15, -0.1) is 0 Å². The summed E-state index contributed by atoms with van der Waals surface area (Å²) >= 11 is 0. The molecule has 0 aliphatic rings. The van der Waals surface area contributed by atoms with Gasteiger partial charge in [0.25, 0.3) is 0 Å². The van der Waals surface area contributed by atoms with E-state index in [4.69, 9.17) is 4.74 Å². The van der Waals surface area contributed by atoms with Crippen LogP contribution in [0.2, 0.25) is 25.7 Å². The summed E-state index contributed by atoms with van der Waals surface area (Å²) in [6.07, 6.45) is 0.367. The number of rotatable bonds is 7. The first-order valence-corrected chi connectivity index (χ1v) is 11.8. The number of aryl methyl sites for hydroxylation is 1. The Bertz CT molecular complexity index is 693. The fourth-order valence-electron chi connectivity index (χ4n) is 2.02. The van der Waals surface area contributed by atoms with Crippen LogP contribution in [0.3, 0.4) is 0 Å². The van der Waals surface area contributed by atoms with Crippen LogP contribution in [0.15, 0.2) is 18.6 Å². The monoisotopic (exact) mass is 372 g/mol. The predicted octanol–water partition coefficient (Wildman–Crippen LogP) is 4.23. The second-order valence-corrected chi connectivity index (χ2v) is 12.7.